The normalized spacial score (nSPS) is 11.7. The lowest BCUT2D eigenvalue weighted by atomic mass is 10.2. The van der Waals surface area contributed by atoms with E-state index >= 15 is 0 Å². The van der Waals surface area contributed by atoms with Crippen molar-refractivity contribution in [1.29, 1.82) is 0 Å². The van der Waals surface area contributed by atoms with E-state index < -0.39 is 12.0 Å². The van der Waals surface area contributed by atoms with Crippen LogP contribution in [0.15, 0.2) is 53.6 Å². The Labute approximate surface area is 163 Å². The second-order valence-corrected chi connectivity index (χ2v) is 5.98. The van der Waals surface area contributed by atoms with Crippen LogP contribution >= 0.6 is 12.2 Å². The SMILES string of the molecule is COc1cc(C=Nn2c(C(F)(F)F)n[nH]c2=S)ccc1OCc1ccccc1. The summed E-state index contributed by atoms with van der Waals surface area (Å²) in [7, 11) is 1.47. The molecule has 0 atom stereocenters. The van der Waals surface area contributed by atoms with Gasteiger partial charge in [-0.25, -0.2) is 5.10 Å². The van der Waals surface area contributed by atoms with E-state index in [0.29, 0.717) is 28.3 Å². The molecule has 3 rings (SSSR count). The molecule has 0 spiro atoms. The molecule has 1 heterocycles. The summed E-state index contributed by atoms with van der Waals surface area (Å²) < 4.78 is 50.1. The number of methoxy groups -OCH3 is 1. The molecular formula is C18H15F3N4O2S. The summed E-state index contributed by atoms with van der Waals surface area (Å²) in [5.41, 5.74) is 1.49. The smallest absolute Gasteiger partial charge is 0.453 e. The van der Waals surface area contributed by atoms with E-state index in [1.165, 1.54) is 13.3 Å². The zero-order chi connectivity index (χ0) is 20.1. The van der Waals surface area contributed by atoms with Crippen LogP contribution in [0.2, 0.25) is 0 Å². The number of hydrogen-bond acceptors (Lipinski definition) is 5. The van der Waals surface area contributed by atoms with E-state index in [1.807, 2.05) is 30.3 Å². The molecule has 28 heavy (non-hydrogen) atoms. The van der Waals surface area contributed by atoms with Crippen LogP contribution in [0.3, 0.4) is 0 Å². The fraction of sp³-hybridized carbons (Fsp3) is 0.167. The maximum atomic E-state index is 12.9. The molecular weight excluding hydrogens is 393 g/mol. The lowest BCUT2D eigenvalue weighted by molar-refractivity contribution is -0.147. The number of benzene rings is 2. The molecule has 2 aromatic carbocycles. The standard InChI is InChI=1S/C18H15F3N4O2S/c1-26-15-9-13(7-8-14(15)27-11-12-5-3-2-4-6-12)10-22-25-16(18(19,20)21)23-24-17(25)28/h2-10H,11H2,1H3,(H,24,28). The second kappa shape index (κ2) is 8.26. The van der Waals surface area contributed by atoms with Crippen LogP contribution in [-0.4, -0.2) is 28.2 Å². The number of aromatic nitrogens is 3. The van der Waals surface area contributed by atoms with Crippen LogP contribution in [0.4, 0.5) is 13.2 Å². The molecule has 1 N–H and O–H groups in total. The minimum absolute atomic E-state index is 0.265. The van der Waals surface area contributed by atoms with Crippen molar-refractivity contribution in [2.75, 3.05) is 7.11 Å². The zero-order valence-corrected chi connectivity index (χ0v) is 15.4. The minimum atomic E-state index is -4.68. The first-order valence-electron chi connectivity index (χ1n) is 8.02. The Balaban J connectivity index is 1.80. The van der Waals surface area contributed by atoms with E-state index in [4.69, 9.17) is 21.7 Å². The van der Waals surface area contributed by atoms with Crippen molar-refractivity contribution in [3.63, 3.8) is 0 Å². The quantitative estimate of drug-likeness (QED) is 0.484. The Morgan fingerprint density at radius 3 is 2.61 bits per heavy atom. The average Bonchev–Trinajstić information content (AvgIpc) is 3.06. The highest BCUT2D eigenvalue weighted by Crippen LogP contribution is 2.29. The summed E-state index contributed by atoms with van der Waals surface area (Å²) in [6.45, 7) is 0.351. The van der Waals surface area contributed by atoms with Crippen molar-refractivity contribution >= 4 is 18.4 Å². The van der Waals surface area contributed by atoms with Crippen LogP contribution in [0.25, 0.3) is 0 Å². The van der Waals surface area contributed by atoms with Crippen LogP contribution < -0.4 is 9.47 Å². The van der Waals surface area contributed by atoms with Gasteiger partial charge in [0.2, 0.25) is 4.77 Å². The van der Waals surface area contributed by atoms with Gasteiger partial charge < -0.3 is 9.47 Å². The zero-order valence-electron chi connectivity index (χ0n) is 14.6. The Bertz CT molecular complexity index is 1030. The van der Waals surface area contributed by atoms with Gasteiger partial charge in [-0.15, -0.1) is 5.10 Å². The maximum absolute atomic E-state index is 12.9. The first-order chi connectivity index (χ1) is 13.4. The van der Waals surface area contributed by atoms with E-state index in [0.717, 1.165) is 5.56 Å². The van der Waals surface area contributed by atoms with Crippen molar-refractivity contribution < 1.29 is 22.6 Å². The fourth-order valence-corrected chi connectivity index (χ4v) is 2.50. The van der Waals surface area contributed by atoms with Gasteiger partial charge >= 0.3 is 6.18 Å². The van der Waals surface area contributed by atoms with E-state index in [2.05, 4.69) is 15.3 Å². The summed E-state index contributed by atoms with van der Waals surface area (Å²) in [5.74, 6) is -0.311. The lowest BCUT2D eigenvalue weighted by Crippen LogP contribution is -2.12. The third-order valence-electron chi connectivity index (χ3n) is 3.65. The monoisotopic (exact) mass is 408 g/mol. The van der Waals surface area contributed by atoms with Gasteiger partial charge in [0.25, 0.3) is 5.82 Å². The van der Waals surface area contributed by atoms with E-state index in [-0.39, 0.29) is 4.77 Å². The number of halogens is 3. The number of H-pyrrole nitrogens is 1. The number of hydrogen-bond donors (Lipinski definition) is 1. The summed E-state index contributed by atoms with van der Waals surface area (Å²) in [4.78, 5) is 0. The molecule has 0 radical (unpaired) electrons. The van der Waals surface area contributed by atoms with E-state index in [9.17, 15) is 13.2 Å². The number of alkyl halides is 3. The predicted octanol–water partition coefficient (Wildman–Crippen LogP) is 4.43. The van der Waals surface area contributed by atoms with Crippen molar-refractivity contribution in [2.24, 2.45) is 5.10 Å². The summed E-state index contributed by atoms with van der Waals surface area (Å²) in [6, 6.07) is 14.5. The van der Waals surface area contributed by atoms with E-state index in [1.54, 1.807) is 18.2 Å². The topological polar surface area (TPSA) is 64.4 Å². The Morgan fingerprint density at radius 2 is 1.93 bits per heavy atom. The molecule has 3 aromatic rings. The first kappa shape index (κ1) is 19.6. The van der Waals surface area contributed by atoms with Crippen molar-refractivity contribution in [2.45, 2.75) is 12.8 Å². The summed E-state index contributed by atoms with van der Waals surface area (Å²) in [5, 5.41) is 9.02. The van der Waals surface area contributed by atoms with Gasteiger partial charge in [-0.2, -0.15) is 22.9 Å². The Morgan fingerprint density at radius 1 is 1.18 bits per heavy atom. The van der Waals surface area contributed by atoms with Gasteiger partial charge in [-0.05, 0) is 41.5 Å². The lowest BCUT2D eigenvalue weighted by Gasteiger charge is -2.11. The molecule has 1 aromatic heterocycles. The highest BCUT2D eigenvalue weighted by atomic mass is 32.1. The van der Waals surface area contributed by atoms with Crippen LogP contribution in [-0.2, 0) is 12.8 Å². The number of rotatable bonds is 6. The molecule has 10 heteroatoms. The number of ether oxygens (including phenoxy) is 2. The predicted molar refractivity (Wildman–Crippen MR) is 99.2 cm³/mol. The van der Waals surface area contributed by atoms with Gasteiger partial charge in [0, 0.05) is 0 Å². The molecule has 0 aliphatic carbocycles. The van der Waals surface area contributed by atoms with Crippen molar-refractivity contribution in [3.05, 3.63) is 70.3 Å². The maximum Gasteiger partial charge on any atom is 0.453 e. The van der Waals surface area contributed by atoms with Gasteiger partial charge in [0.1, 0.15) is 6.61 Å². The Kier molecular flexibility index (Phi) is 5.78. The fourth-order valence-electron chi connectivity index (χ4n) is 2.33. The first-order valence-corrected chi connectivity index (χ1v) is 8.43. The Hall–Kier alpha value is -3.14. The van der Waals surface area contributed by atoms with Crippen molar-refractivity contribution in [3.8, 4) is 11.5 Å². The van der Waals surface area contributed by atoms with Crippen LogP contribution in [0.1, 0.15) is 17.0 Å². The third-order valence-corrected chi connectivity index (χ3v) is 3.92. The minimum Gasteiger partial charge on any atom is -0.493 e. The highest BCUT2D eigenvalue weighted by molar-refractivity contribution is 7.71. The summed E-state index contributed by atoms with van der Waals surface area (Å²) in [6.07, 6.45) is -3.46. The van der Waals surface area contributed by atoms with Gasteiger partial charge in [0.15, 0.2) is 11.5 Å². The van der Waals surface area contributed by atoms with Crippen LogP contribution in [0, 0.1) is 4.77 Å². The number of aromatic amines is 1. The molecule has 0 aliphatic rings. The molecule has 0 aliphatic heterocycles. The molecule has 0 saturated heterocycles. The molecule has 0 bridgehead atoms. The molecule has 6 nitrogen and oxygen atoms in total. The third kappa shape index (κ3) is 4.58. The van der Waals surface area contributed by atoms with Gasteiger partial charge in [-0.3, -0.25) is 0 Å². The molecule has 0 saturated carbocycles. The molecule has 0 unspecified atom stereocenters. The highest BCUT2D eigenvalue weighted by Gasteiger charge is 2.37. The van der Waals surface area contributed by atoms with Gasteiger partial charge in [-0.1, -0.05) is 30.3 Å². The number of nitrogens with zero attached hydrogens (tertiary/aromatic N) is 3. The van der Waals surface area contributed by atoms with Crippen molar-refractivity contribution in [1.82, 2.24) is 14.9 Å². The number of nitrogens with one attached hydrogen (secondary N) is 1. The molecule has 0 fully saturated rings. The van der Waals surface area contributed by atoms with Gasteiger partial charge in [0.05, 0.1) is 13.3 Å². The average molecular weight is 408 g/mol. The largest absolute Gasteiger partial charge is 0.493 e. The van der Waals surface area contributed by atoms with Crippen LogP contribution in [0.5, 0.6) is 11.5 Å². The second-order valence-electron chi connectivity index (χ2n) is 5.59. The molecule has 146 valence electrons. The summed E-state index contributed by atoms with van der Waals surface area (Å²) >= 11 is 4.79. The molecule has 0 amide bonds.